The Bertz CT molecular complexity index is 563. The maximum Gasteiger partial charge on any atom is 0.295 e. The molecular formula is C10H5ClF2O2. The standard InChI is InChI=1S/C10H5ClF2O2/c11-5-2-1-3-7-9(5)6(14)4-8(15-7)10(12)13/h1-4,10H. The fourth-order valence-corrected chi connectivity index (χ4v) is 1.55. The molecule has 0 amide bonds. The van der Waals surface area contributed by atoms with Crippen LogP contribution in [0.4, 0.5) is 8.78 Å². The quantitative estimate of drug-likeness (QED) is 0.752. The van der Waals surface area contributed by atoms with Gasteiger partial charge in [-0.15, -0.1) is 0 Å². The maximum atomic E-state index is 12.3. The summed E-state index contributed by atoms with van der Waals surface area (Å²) in [6, 6.07) is 5.22. The van der Waals surface area contributed by atoms with Crippen molar-refractivity contribution in [1.82, 2.24) is 0 Å². The Labute approximate surface area is 88.1 Å². The summed E-state index contributed by atoms with van der Waals surface area (Å²) < 4.78 is 29.5. The number of hydrogen-bond donors (Lipinski definition) is 0. The van der Waals surface area contributed by atoms with Crippen LogP contribution in [-0.2, 0) is 0 Å². The number of benzene rings is 1. The van der Waals surface area contributed by atoms with Gasteiger partial charge in [-0.3, -0.25) is 4.79 Å². The third-order valence-corrected chi connectivity index (χ3v) is 2.25. The average molecular weight is 231 g/mol. The van der Waals surface area contributed by atoms with Crippen LogP contribution >= 0.6 is 11.6 Å². The molecule has 0 N–H and O–H groups in total. The minimum atomic E-state index is -2.80. The first kappa shape index (κ1) is 10.1. The molecule has 15 heavy (non-hydrogen) atoms. The largest absolute Gasteiger partial charge is 0.455 e. The average Bonchev–Trinajstić information content (AvgIpc) is 2.17. The molecule has 0 spiro atoms. The van der Waals surface area contributed by atoms with Gasteiger partial charge in [0.05, 0.1) is 10.4 Å². The lowest BCUT2D eigenvalue weighted by Gasteiger charge is -2.02. The molecule has 0 saturated carbocycles. The number of fused-ring (bicyclic) bond motifs is 1. The summed E-state index contributed by atoms with van der Waals surface area (Å²) in [6.45, 7) is 0. The summed E-state index contributed by atoms with van der Waals surface area (Å²) in [5, 5.41) is 0.325. The van der Waals surface area contributed by atoms with E-state index >= 15 is 0 Å². The zero-order valence-electron chi connectivity index (χ0n) is 7.34. The van der Waals surface area contributed by atoms with E-state index in [0.717, 1.165) is 6.07 Å². The molecule has 0 aliphatic carbocycles. The summed E-state index contributed by atoms with van der Waals surface area (Å²) in [4.78, 5) is 11.4. The van der Waals surface area contributed by atoms with Gasteiger partial charge >= 0.3 is 0 Å². The van der Waals surface area contributed by atoms with Crippen LogP contribution < -0.4 is 5.43 Å². The molecule has 1 aromatic carbocycles. The van der Waals surface area contributed by atoms with Crippen LogP contribution in [0.2, 0.25) is 5.02 Å². The van der Waals surface area contributed by atoms with E-state index < -0.39 is 17.6 Å². The van der Waals surface area contributed by atoms with Gasteiger partial charge in [-0.05, 0) is 12.1 Å². The lowest BCUT2D eigenvalue weighted by atomic mass is 10.2. The van der Waals surface area contributed by atoms with Gasteiger partial charge in [0.2, 0.25) is 0 Å². The third kappa shape index (κ3) is 1.72. The van der Waals surface area contributed by atoms with E-state index in [4.69, 9.17) is 16.0 Å². The molecule has 78 valence electrons. The molecule has 0 fully saturated rings. The summed E-state index contributed by atoms with van der Waals surface area (Å²) in [5.41, 5.74) is -0.484. The Kier molecular flexibility index (Phi) is 2.44. The molecule has 1 heterocycles. The molecule has 0 bridgehead atoms. The third-order valence-electron chi connectivity index (χ3n) is 1.94. The highest BCUT2D eigenvalue weighted by Crippen LogP contribution is 2.24. The molecule has 0 aliphatic rings. The van der Waals surface area contributed by atoms with Crippen LogP contribution in [0.5, 0.6) is 0 Å². The van der Waals surface area contributed by atoms with Gasteiger partial charge in [0, 0.05) is 6.07 Å². The van der Waals surface area contributed by atoms with Crippen molar-refractivity contribution in [3.05, 3.63) is 45.3 Å². The van der Waals surface area contributed by atoms with Gasteiger partial charge in [-0.25, -0.2) is 8.78 Å². The van der Waals surface area contributed by atoms with Gasteiger partial charge < -0.3 is 4.42 Å². The smallest absolute Gasteiger partial charge is 0.295 e. The molecule has 2 rings (SSSR count). The number of hydrogen-bond acceptors (Lipinski definition) is 2. The number of rotatable bonds is 1. The highest BCUT2D eigenvalue weighted by Gasteiger charge is 2.14. The Morgan fingerprint density at radius 1 is 1.33 bits per heavy atom. The fourth-order valence-electron chi connectivity index (χ4n) is 1.29. The van der Waals surface area contributed by atoms with Gasteiger partial charge in [0.25, 0.3) is 6.43 Å². The minimum absolute atomic E-state index is 0.0744. The van der Waals surface area contributed by atoms with Crippen molar-refractivity contribution in [3.8, 4) is 0 Å². The maximum absolute atomic E-state index is 12.3. The minimum Gasteiger partial charge on any atom is -0.455 e. The van der Waals surface area contributed by atoms with Crippen LogP contribution in [-0.4, -0.2) is 0 Å². The first-order chi connectivity index (χ1) is 7.09. The molecule has 0 unspecified atom stereocenters. The summed E-state index contributed by atoms with van der Waals surface area (Å²) in [7, 11) is 0. The second kappa shape index (κ2) is 3.62. The lowest BCUT2D eigenvalue weighted by molar-refractivity contribution is 0.122. The van der Waals surface area contributed by atoms with Crippen molar-refractivity contribution in [2.45, 2.75) is 6.43 Å². The van der Waals surface area contributed by atoms with Crippen molar-refractivity contribution >= 4 is 22.6 Å². The van der Waals surface area contributed by atoms with Gasteiger partial charge in [0.1, 0.15) is 5.58 Å². The van der Waals surface area contributed by atoms with E-state index in [1.165, 1.54) is 18.2 Å². The van der Waals surface area contributed by atoms with Crippen molar-refractivity contribution in [2.24, 2.45) is 0 Å². The second-order valence-electron chi connectivity index (χ2n) is 2.93. The zero-order valence-corrected chi connectivity index (χ0v) is 8.09. The molecular weight excluding hydrogens is 226 g/mol. The van der Waals surface area contributed by atoms with Crippen LogP contribution in [0.3, 0.4) is 0 Å². The van der Waals surface area contributed by atoms with E-state index in [2.05, 4.69) is 0 Å². The van der Waals surface area contributed by atoms with E-state index in [-0.39, 0.29) is 16.0 Å². The molecule has 0 aliphatic heterocycles. The molecule has 2 aromatic rings. The van der Waals surface area contributed by atoms with Crippen LogP contribution in [0, 0.1) is 0 Å². The SMILES string of the molecule is O=c1cc(C(F)F)oc2cccc(Cl)c12. The predicted molar refractivity (Wildman–Crippen MR) is 52.5 cm³/mol. The molecule has 0 saturated heterocycles. The van der Waals surface area contributed by atoms with Gasteiger partial charge in [0.15, 0.2) is 11.2 Å². The van der Waals surface area contributed by atoms with Crippen LogP contribution in [0.1, 0.15) is 12.2 Å². The molecule has 1 aromatic heterocycles. The molecule has 0 radical (unpaired) electrons. The Morgan fingerprint density at radius 3 is 2.73 bits per heavy atom. The Morgan fingerprint density at radius 2 is 2.07 bits per heavy atom. The topological polar surface area (TPSA) is 30.2 Å². The highest BCUT2D eigenvalue weighted by molar-refractivity contribution is 6.35. The molecule has 2 nitrogen and oxygen atoms in total. The van der Waals surface area contributed by atoms with Crippen molar-refractivity contribution in [1.29, 1.82) is 0 Å². The van der Waals surface area contributed by atoms with Gasteiger partial charge in [-0.1, -0.05) is 17.7 Å². The van der Waals surface area contributed by atoms with E-state index in [0.29, 0.717) is 0 Å². The lowest BCUT2D eigenvalue weighted by Crippen LogP contribution is -2.02. The number of alkyl halides is 2. The first-order valence-corrected chi connectivity index (χ1v) is 4.48. The second-order valence-corrected chi connectivity index (χ2v) is 3.33. The van der Waals surface area contributed by atoms with E-state index in [1.807, 2.05) is 0 Å². The van der Waals surface area contributed by atoms with Crippen molar-refractivity contribution < 1.29 is 13.2 Å². The van der Waals surface area contributed by atoms with Crippen LogP contribution in [0.15, 0.2) is 33.5 Å². The predicted octanol–water partition coefficient (Wildman–Crippen LogP) is 3.38. The summed E-state index contributed by atoms with van der Waals surface area (Å²) >= 11 is 5.75. The Balaban J connectivity index is 2.85. The first-order valence-electron chi connectivity index (χ1n) is 4.10. The summed E-state index contributed by atoms with van der Waals surface area (Å²) in [6.07, 6.45) is -2.80. The fraction of sp³-hybridized carbons (Fsp3) is 0.100. The van der Waals surface area contributed by atoms with E-state index in [9.17, 15) is 13.6 Å². The van der Waals surface area contributed by atoms with Crippen molar-refractivity contribution in [3.63, 3.8) is 0 Å². The normalized spacial score (nSPS) is 11.2. The monoisotopic (exact) mass is 230 g/mol. The van der Waals surface area contributed by atoms with Crippen molar-refractivity contribution in [2.75, 3.05) is 0 Å². The summed E-state index contributed by atoms with van der Waals surface area (Å²) in [5.74, 6) is -0.644. The molecule has 5 heteroatoms. The number of halogens is 3. The highest BCUT2D eigenvalue weighted by atomic mass is 35.5. The van der Waals surface area contributed by atoms with Gasteiger partial charge in [-0.2, -0.15) is 0 Å². The molecule has 0 atom stereocenters. The Hall–Kier alpha value is -1.42. The zero-order chi connectivity index (χ0) is 11.0. The van der Waals surface area contributed by atoms with E-state index in [1.54, 1.807) is 0 Å². The van der Waals surface area contributed by atoms with Crippen LogP contribution in [0.25, 0.3) is 11.0 Å².